The van der Waals surface area contributed by atoms with Gasteiger partial charge < -0.3 is 32.1 Å². The van der Waals surface area contributed by atoms with E-state index in [4.69, 9.17) is 36.4 Å². The molecule has 0 bridgehead atoms. The molecule has 1 aliphatic rings. The van der Waals surface area contributed by atoms with Crippen LogP contribution in [0.15, 0.2) is 79.1 Å². The maximum absolute atomic E-state index is 12.6. The van der Waals surface area contributed by atoms with Gasteiger partial charge in [0, 0.05) is 41.6 Å². The number of thiophene rings is 1. The molecular weight excluding hydrogens is 792 g/mol. The molecule has 2 heterocycles. The molecule has 8 N–H and O–H groups in total. The summed E-state index contributed by atoms with van der Waals surface area (Å²) in [5.41, 5.74) is 15.2. The monoisotopic (exact) mass is 827 g/mol. The van der Waals surface area contributed by atoms with Gasteiger partial charge in [-0.15, -0.1) is 11.3 Å². The molecule has 21 heteroatoms. The molecule has 306 valence electrons. The molecule has 1 aliphatic carbocycles. The number of carbonyl (C=O) groups excluding carboxylic acids is 3. The number of anilines is 1. The molecule has 4 aromatic rings. The molecule has 3 amide bonds. The predicted molar refractivity (Wildman–Crippen MR) is 192 cm³/mol. The Morgan fingerprint density at radius 3 is 1.89 bits per heavy atom. The maximum atomic E-state index is 12.6. The summed E-state index contributed by atoms with van der Waals surface area (Å²) in [5.74, 6) is -7.69. The second-order valence-electron chi connectivity index (χ2n) is 11.5. The number of amides is 3. The molecule has 0 saturated heterocycles. The number of nitrogens with zero attached hydrogens (tertiary/aromatic N) is 2. The first-order chi connectivity index (χ1) is 26.7. The number of fused-ring (bicyclic) bond motifs is 1. The summed E-state index contributed by atoms with van der Waals surface area (Å²) in [6.07, 6.45) is -2.86. The Balaban J connectivity index is 0.000000297. The quantitative estimate of drug-likeness (QED) is 0.120. The fourth-order valence-electron chi connectivity index (χ4n) is 4.76. The molecule has 0 unspecified atom stereocenters. The van der Waals surface area contributed by atoms with E-state index in [0.717, 1.165) is 47.3 Å². The van der Waals surface area contributed by atoms with Gasteiger partial charge >= 0.3 is 30.3 Å². The van der Waals surface area contributed by atoms with Crippen molar-refractivity contribution >= 4 is 52.7 Å². The van der Waals surface area contributed by atoms with E-state index < -0.39 is 42.7 Å². The molecule has 0 atom stereocenters. The molecule has 57 heavy (non-hydrogen) atoms. The number of halogens is 6. The fourth-order valence-corrected chi connectivity index (χ4v) is 6.00. The molecule has 0 spiro atoms. The number of pyridine rings is 1. The van der Waals surface area contributed by atoms with Crippen LogP contribution >= 0.6 is 11.3 Å². The van der Waals surface area contributed by atoms with Gasteiger partial charge in [-0.2, -0.15) is 26.3 Å². The lowest BCUT2D eigenvalue weighted by atomic mass is 9.94. The SMILES string of the molecule is NC(=O)c1sc2c(c1C(=O)NCc1cccnc1)CCCC2.NCc1cccc(C(=O)N(CC(=O)O)c2ccccc2)c1.O=C(O)C(F)(F)F.O=C(O)C(F)(F)F. The summed E-state index contributed by atoms with van der Waals surface area (Å²) in [6, 6.07) is 19.3. The van der Waals surface area contributed by atoms with Crippen molar-refractivity contribution in [1.29, 1.82) is 0 Å². The Labute approximate surface area is 323 Å². The highest BCUT2D eigenvalue weighted by Crippen LogP contribution is 2.34. The number of nitrogens with two attached hydrogens (primary N) is 2. The zero-order valence-corrected chi connectivity index (χ0v) is 30.3. The van der Waals surface area contributed by atoms with Crippen molar-refractivity contribution in [3.63, 3.8) is 0 Å². The minimum Gasteiger partial charge on any atom is -0.480 e. The smallest absolute Gasteiger partial charge is 0.480 e. The zero-order chi connectivity index (χ0) is 42.9. The van der Waals surface area contributed by atoms with Gasteiger partial charge in [0.05, 0.1) is 5.56 Å². The first-order valence-corrected chi connectivity index (χ1v) is 17.1. The van der Waals surface area contributed by atoms with Crippen LogP contribution in [-0.4, -0.2) is 74.8 Å². The highest BCUT2D eigenvalue weighted by Gasteiger charge is 2.39. The average molecular weight is 828 g/mol. The molecule has 0 aliphatic heterocycles. The van der Waals surface area contributed by atoms with E-state index in [-0.39, 0.29) is 11.8 Å². The van der Waals surface area contributed by atoms with E-state index in [1.165, 1.54) is 16.2 Å². The van der Waals surface area contributed by atoms with Gasteiger partial charge in [0.15, 0.2) is 0 Å². The van der Waals surface area contributed by atoms with Gasteiger partial charge in [-0.05, 0) is 72.7 Å². The van der Waals surface area contributed by atoms with Gasteiger partial charge in [0.2, 0.25) is 0 Å². The molecule has 2 aromatic heterocycles. The van der Waals surface area contributed by atoms with Crippen LogP contribution in [0.2, 0.25) is 0 Å². The molecule has 2 aromatic carbocycles. The van der Waals surface area contributed by atoms with Crippen molar-refractivity contribution < 1.29 is 70.4 Å². The first-order valence-electron chi connectivity index (χ1n) is 16.3. The van der Waals surface area contributed by atoms with Gasteiger partial charge in [0.25, 0.3) is 17.7 Å². The van der Waals surface area contributed by atoms with Crippen molar-refractivity contribution in [2.45, 2.75) is 51.1 Å². The van der Waals surface area contributed by atoms with Crippen LogP contribution in [0.1, 0.15) is 64.8 Å². The standard InChI is InChI=1S/C16H17N3O2S.C16H16N2O3.2C2HF3O2/c17-15(20)14-13(11-5-1-2-6-12(11)22-14)16(21)19-9-10-4-3-7-18-8-10;17-10-12-5-4-6-13(9-12)16(21)18(11-15(19)20)14-7-2-1-3-8-14;2*3-2(4,5)1(6)7/h3-4,7-8H,1-2,5-6,9H2,(H2,17,20)(H,19,21);1-9H,10-11,17H2,(H,19,20);2*(H,6,7). The number of primary amides is 1. The van der Waals surface area contributed by atoms with Gasteiger partial charge in [-0.25, -0.2) is 9.59 Å². The van der Waals surface area contributed by atoms with Gasteiger partial charge in [0.1, 0.15) is 11.4 Å². The summed E-state index contributed by atoms with van der Waals surface area (Å²) in [4.78, 5) is 72.4. The van der Waals surface area contributed by atoms with E-state index in [9.17, 15) is 45.5 Å². The number of carboxylic acid groups (broad SMARTS) is 3. The van der Waals surface area contributed by atoms with Gasteiger partial charge in [-0.3, -0.25) is 29.1 Å². The van der Waals surface area contributed by atoms with Crippen LogP contribution < -0.4 is 21.7 Å². The first kappa shape index (κ1) is 46.8. The normalized spacial score (nSPS) is 11.7. The highest BCUT2D eigenvalue weighted by atomic mass is 32.1. The third-order valence-corrected chi connectivity index (χ3v) is 8.61. The number of hydrogen-bond acceptors (Lipinski definition) is 9. The number of alkyl halides is 6. The van der Waals surface area contributed by atoms with E-state index in [2.05, 4.69) is 10.3 Å². The zero-order valence-electron chi connectivity index (χ0n) is 29.5. The number of aromatic nitrogens is 1. The van der Waals surface area contributed by atoms with Crippen LogP contribution in [0.5, 0.6) is 0 Å². The van der Waals surface area contributed by atoms with E-state index in [1.807, 2.05) is 24.3 Å². The van der Waals surface area contributed by atoms with Crippen molar-refractivity contribution in [2.75, 3.05) is 11.4 Å². The Morgan fingerprint density at radius 2 is 1.39 bits per heavy atom. The summed E-state index contributed by atoms with van der Waals surface area (Å²) in [5, 5.41) is 26.1. The summed E-state index contributed by atoms with van der Waals surface area (Å²) in [7, 11) is 0. The Kier molecular flexibility index (Phi) is 17.8. The van der Waals surface area contributed by atoms with E-state index >= 15 is 0 Å². The maximum Gasteiger partial charge on any atom is 0.490 e. The summed E-state index contributed by atoms with van der Waals surface area (Å²) >= 11 is 1.37. The number of rotatable bonds is 9. The number of aliphatic carboxylic acids is 3. The fraction of sp³-hybridized carbons (Fsp3) is 0.250. The number of aryl methyl sites for hydroxylation is 1. The Hall–Kier alpha value is -6.35. The summed E-state index contributed by atoms with van der Waals surface area (Å²) < 4.78 is 63.5. The van der Waals surface area contributed by atoms with E-state index in [1.54, 1.807) is 54.9 Å². The van der Waals surface area contributed by atoms with Crippen LogP contribution in [0.4, 0.5) is 32.0 Å². The highest BCUT2D eigenvalue weighted by molar-refractivity contribution is 7.14. The van der Waals surface area contributed by atoms with Crippen LogP contribution in [0.25, 0.3) is 0 Å². The average Bonchev–Trinajstić information content (AvgIpc) is 3.57. The lowest BCUT2D eigenvalue weighted by Gasteiger charge is -2.21. The molecule has 0 fully saturated rings. The minimum atomic E-state index is -5.08. The molecular formula is C36H35F6N5O9S. The van der Waals surface area contributed by atoms with Crippen molar-refractivity contribution in [3.05, 3.63) is 117 Å². The molecule has 5 rings (SSSR count). The van der Waals surface area contributed by atoms with Crippen molar-refractivity contribution in [2.24, 2.45) is 11.5 Å². The Morgan fingerprint density at radius 1 is 0.807 bits per heavy atom. The van der Waals surface area contributed by atoms with Crippen molar-refractivity contribution in [1.82, 2.24) is 10.3 Å². The number of benzene rings is 2. The molecule has 0 radical (unpaired) electrons. The topological polar surface area (TPSA) is 243 Å². The minimum absolute atomic E-state index is 0.225. The van der Waals surface area contributed by atoms with Crippen LogP contribution in [0, 0.1) is 0 Å². The van der Waals surface area contributed by atoms with Crippen molar-refractivity contribution in [3.8, 4) is 0 Å². The van der Waals surface area contributed by atoms with E-state index in [0.29, 0.717) is 34.8 Å². The third kappa shape index (κ3) is 15.4. The van der Waals surface area contributed by atoms with Gasteiger partial charge in [-0.1, -0.05) is 36.4 Å². The second kappa shape index (κ2) is 21.7. The predicted octanol–water partition coefficient (Wildman–Crippen LogP) is 5.19. The number of nitrogens with one attached hydrogen (secondary N) is 1. The lowest BCUT2D eigenvalue weighted by Crippen LogP contribution is -2.35. The largest absolute Gasteiger partial charge is 0.490 e. The number of carbonyl (C=O) groups is 6. The van der Waals surface area contributed by atoms with Crippen LogP contribution in [0.3, 0.4) is 0 Å². The number of carboxylic acids is 3. The van der Waals surface area contributed by atoms with Crippen LogP contribution in [-0.2, 0) is 40.3 Å². The Bertz CT molecular complexity index is 1990. The molecule has 14 nitrogen and oxygen atoms in total. The third-order valence-electron chi connectivity index (χ3n) is 7.30. The number of hydrogen-bond donors (Lipinski definition) is 6. The second-order valence-corrected chi connectivity index (χ2v) is 12.6. The number of para-hydroxylation sites is 1. The lowest BCUT2D eigenvalue weighted by molar-refractivity contribution is -0.193. The summed E-state index contributed by atoms with van der Waals surface area (Å²) in [6.45, 7) is 0.316. The molecule has 0 saturated carbocycles.